The predicted octanol–water partition coefficient (Wildman–Crippen LogP) is 6.43. The second kappa shape index (κ2) is 10.5. The molecule has 0 spiro atoms. The maximum Gasteiger partial charge on any atom is 0.0451 e. The summed E-state index contributed by atoms with van der Waals surface area (Å²) >= 11 is 0. The molecule has 1 N–H and O–H groups in total. The largest absolute Gasteiger partial charge is 0.384 e. The Labute approximate surface area is 189 Å². The fourth-order valence-corrected chi connectivity index (χ4v) is 5.43. The van der Waals surface area contributed by atoms with E-state index in [9.17, 15) is 0 Å². The third-order valence-corrected chi connectivity index (χ3v) is 7.47. The highest BCUT2D eigenvalue weighted by atomic mass is 15.2. The van der Waals surface area contributed by atoms with Crippen LogP contribution >= 0.6 is 0 Å². The van der Waals surface area contributed by atoms with E-state index >= 15 is 0 Å². The van der Waals surface area contributed by atoms with E-state index in [4.69, 9.17) is 0 Å². The molecule has 1 heterocycles. The van der Waals surface area contributed by atoms with Crippen LogP contribution in [0.25, 0.3) is 0 Å². The molecule has 0 radical (unpaired) electrons. The van der Waals surface area contributed by atoms with Gasteiger partial charge < -0.3 is 10.2 Å². The zero-order valence-corrected chi connectivity index (χ0v) is 19.6. The first-order valence-corrected chi connectivity index (χ1v) is 12.4. The van der Waals surface area contributed by atoms with Gasteiger partial charge in [0.25, 0.3) is 0 Å². The SMILES string of the molecule is C=C(CC(C)c1ccccc1)NC(CN1CCCC1)C(C)c1ccc2c(c1)CCCC2. The van der Waals surface area contributed by atoms with Gasteiger partial charge in [-0.15, -0.1) is 0 Å². The second-order valence-corrected chi connectivity index (χ2v) is 9.90. The molecular weight excluding hydrogens is 376 g/mol. The average Bonchev–Trinajstić information content (AvgIpc) is 3.31. The van der Waals surface area contributed by atoms with Gasteiger partial charge in [-0.25, -0.2) is 0 Å². The van der Waals surface area contributed by atoms with Gasteiger partial charge in [-0.3, -0.25) is 0 Å². The Balaban J connectivity index is 1.46. The van der Waals surface area contributed by atoms with E-state index in [1.165, 1.54) is 68.4 Å². The van der Waals surface area contributed by atoms with Crippen molar-refractivity contribution >= 4 is 0 Å². The minimum absolute atomic E-state index is 0.398. The van der Waals surface area contributed by atoms with Gasteiger partial charge in [0, 0.05) is 24.2 Å². The molecule has 1 aliphatic heterocycles. The van der Waals surface area contributed by atoms with Gasteiger partial charge in [-0.05, 0) is 86.2 Å². The standard InChI is InChI=1S/C29H40N2/c1-22(25-11-5-4-6-12-25)19-23(2)30-29(21-31-17-9-10-18-31)24(3)27-16-15-26-13-7-8-14-28(26)20-27/h4-6,11-12,15-16,20,22,24,29-30H,2,7-10,13-14,17-19,21H2,1,3H3. The van der Waals surface area contributed by atoms with Gasteiger partial charge in [0.15, 0.2) is 0 Å². The fraction of sp³-hybridized carbons (Fsp3) is 0.517. The summed E-state index contributed by atoms with van der Waals surface area (Å²) in [6.45, 7) is 12.8. The van der Waals surface area contributed by atoms with Crippen molar-refractivity contribution in [3.63, 3.8) is 0 Å². The van der Waals surface area contributed by atoms with Gasteiger partial charge in [-0.1, -0.05) is 69.0 Å². The van der Waals surface area contributed by atoms with Crippen LogP contribution < -0.4 is 5.32 Å². The third-order valence-electron chi connectivity index (χ3n) is 7.47. The van der Waals surface area contributed by atoms with Gasteiger partial charge in [0.2, 0.25) is 0 Å². The first-order chi connectivity index (χ1) is 15.1. The lowest BCUT2D eigenvalue weighted by Crippen LogP contribution is -2.43. The zero-order valence-electron chi connectivity index (χ0n) is 19.6. The van der Waals surface area contributed by atoms with Crippen molar-refractivity contribution in [1.82, 2.24) is 10.2 Å². The van der Waals surface area contributed by atoms with Crippen LogP contribution in [-0.2, 0) is 12.8 Å². The van der Waals surface area contributed by atoms with Crippen molar-refractivity contribution in [2.75, 3.05) is 19.6 Å². The summed E-state index contributed by atoms with van der Waals surface area (Å²) in [5.41, 5.74) is 7.22. The molecule has 4 rings (SSSR count). The van der Waals surface area contributed by atoms with Crippen LogP contribution in [0.3, 0.4) is 0 Å². The summed E-state index contributed by atoms with van der Waals surface area (Å²) in [6.07, 6.45) is 8.86. The molecule has 0 bridgehead atoms. The van der Waals surface area contributed by atoms with Gasteiger partial charge in [-0.2, -0.15) is 0 Å². The Morgan fingerprint density at radius 1 is 0.903 bits per heavy atom. The summed E-state index contributed by atoms with van der Waals surface area (Å²) in [4.78, 5) is 2.64. The number of hydrogen-bond acceptors (Lipinski definition) is 2. The van der Waals surface area contributed by atoms with Crippen LogP contribution in [0.2, 0.25) is 0 Å². The van der Waals surface area contributed by atoms with Crippen molar-refractivity contribution in [2.45, 2.75) is 76.7 Å². The van der Waals surface area contributed by atoms with E-state index in [1.807, 2.05) is 0 Å². The van der Waals surface area contributed by atoms with E-state index in [0.29, 0.717) is 17.9 Å². The van der Waals surface area contributed by atoms with Crippen LogP contribution in [0.5, 0.6) is 0 Å². The number of rotatable bonds is 9. The van der Waals surface area contributed by atoms with Crippen LogP contribution in [0.4, 0.5) is 0 Å². The third kappa shape index (κ3) is 5.80. The number of nitrogens with one attached hydrogen (secondary N) is 1. The Bertz CT molecular complexity index is 850. The number of likely N-dealkylation sites (tertiary alicyclic amines) is 1. The molecule has 2 nitrogen and oxygen atoms in total. The number of fused-ring (bicyclic) bond motifs is 1. The Kier molecular flexibility index (Phi) is 7.50. The summed E-state index contributed by atoms with van der Waals surface area (Å²) in [5.74, 6) is 0.948. The van der Waals surface area contributed by atoms with Crippen molar-refractivity contribution in [1.29, 1.82) is 0 Å². The highest BCUT2D eigenvalue weighted by molar-refractivity contribution is 5.36. The van der Waals surface area contributed by atoms with Crippen LogP contribution in [0.1, 0.15) is 80.0 Å². The highest BCUT2D eigenvalue weighted by Crippen LogP contribution is 2.29. The molecule has 2 heteroatoms. The van der Waals surface area contributed by atoms with Crippen molar-refractivity contribution in [3.05, 3.63) is 83.1 Å². The van der Waals surface area contributed by atoms with E-state index in [-0.39, 0.29) is 0 Å². The van der Waals surface area contributed by atoms with E-state index in [0.717, 1.165) is 13.0 Å². The molecule has 0 saturated carbocycles. The maximum atomic E-state index is 4.45. The van der Waals surface area contributed by atoms with Crippen LogP contribution in [0.15, 0.2) is 60.8 Å². The van der Waals surface area contributed by atoms with E-state index in [2.05, 4.69) is 79.2 Å². The molecule has 3 atom stereocenters. The highest BCUT2D eigenvalue weighted by Gasteiger charge is 2.25. The Hall–Kier alpha value is -2.06. The molecule has 0 amide bonds. The molecule has 2 aliphatic rings. The summed E-state index contributed by atoms with van der Waals surface area (Å²) in [7, 11) is 0. The van der Waals surface area contributed by atoms with Crippen molar-refractivity contribution in [2.24, 2.45) is 0 Å². The number of benzene rings is 2. The molecule has 2 aromatic rings. The summed E-state index contributed by atoms with van der Waals surface area (Å²) < 4.78 is 0. The number of allylic oxidation sites excluding steroid dienone is 1. The number of hydrogen-bond donors (Lipinski definition) is 1. The average molecular weight is 417 g/mol. The Morgan fingerprint density at radius 3 is 2.35 bits per heavy atom. The minimum Gasteiger partial charge on any atom is -0.384 e. The molecule has 3 unspecified atom stereocenters. The fourth-order valence-electron chi connectivity index (χ4n) is 5.43. The normalized spacial score (nSPS) is 19.4. The van der Waals surface area contributed by atoms with Gasteiger partial charge >= 0.3 is 0 Å². The lowest BCUT2D eigenvalue weighted by atomic mass is 9.85. The molecule has 2 aromatic carbocycles. The first kappa shape index (κ1) is 22.1. The Morgan fingerprint density at radius 2 is 1.61 bits per heavy atom. The maximum absolute atomic E-state index is 4.45. The lowest BCUT2D eigenvalue weighted by Gasteiger charge is -2.32. The second-order valence-electron chi connectivity index (χ2n) is 9.90. The molecule has 0 aromatic heterocycles. The number of nitrogens with zero attached hydrogens (tertiary/aromatic N) is 1. The molecular formula is C29H40N2. The quantitative estimate of drug-likeness (QED) is 0.507. The van der Waals surface area contributed by atoms with Crippen LogP contribution in [-0.4, -0.2) is 30.6 Å². The first-order valence-electron chi connectivity index (χ1n) is 12.4. The predicted molar refractivity (Wildman–Crippen MR) is 133 cm³/mol. The molecule has 1 fully saturated rings. The molecule has 166 valence electrons. The minimum atomic E-state index is 0.398. The van der Waals surface area contributed by atoms with E-state index in [1.54, 1.807) is 11.1 Å². The molecule has 1 saturated heterocycles. The van der Waals surface area contributed by atoms with Crippen molar-refractivity contribution in [3.8, 4) is 0 Å². The molecule has 1 aliphatic carbocycles. The zero-order chi connectivity index (χ0) is 21.6. The lowest BCUT2D eigenvalue weighted by molar-refractivity contribution is 0.280. The van der Waals surface area contributed by atoms with Gasteiger partial charge in [0.05, 0.1) is 0 Å². The van der Waals surface area contributed by atoms with Gasteiger partial charge in [0.1, 0.15) is 0 Å². The van der Waals surface area contributed by atoms with Crippen molar-refractivity contribution < 1.29 is 0 Å². The smallest absolute Gasteiger partial charge is 0.0451 e. The summed E-state index contributed by atoms with van der Waals surface area (Å²) in [5, 5.41) is 3.89. The summed E-state index contributed by atoms with van der Waals surface area (Å²) in [6, 6.07) is 18.5. The monoisotopic (exact) mass is 416 g/mol. The molecule has 31 heavy (non-hydrogen) atoms. The van der Waals surface area contributed by atoms with Crippen LogP contribution in [0, 0.1) is 0 Å². The number of aryl methyl sites for hydroxylation is 2. The van der Waals surface area contributed by atoms with E-state index < -0.39 is 0 Å². The topological polar surface area (TPSA) is 15.3 Å².